The normalized spacial score (nSPS) is 18.5. The molecule has 0 unspecified atom stereocenters. The van der Waals surface area contributed by atoms with Gasteiger partial charge in [0.05, 0.1) is 11.1 Å². The van der Waals surface area contributed by atoms with E-state index in [1.165, 1.54) is 22.0 Å². The summed E-state index contributed by atoms with van der Waals surface area (Å²) in [6, 6.07) is 13.7. The predicted octanol–water partition coefficient (Wildman–Crippen LogP) is 5.25. The van der Waals surface area contributed by atoms with Gasteiger partial charge in [-0.25, -0.2) is 4.79 Å². The number of aromatic nitrogens is 1. The minimum absolute atomic E-state index is 0.0154. The Morgan fingerprint density at radius 3 is 2.44 bits per heavy atom. The Hall–Kier alpha value is -3.12. The monoisotopic (exact) mass is 459 g/mol. The van der Waals surface area contributed by atoms with Crippen molar-refractivity contribution >= 4 is 28.5 Å². The van der Waals surface area contributed by atoms with Crippen molar-refractivity contribution in [2.75, 3.05) is 24.5 Å². The molecule has 0 bridgehead atoms. The second-order valence-electron chi connectivity index (χ2n) is 10.4. The van der Waals surface area contributed by atoms with Crippen molar-refractivity contribution in [3.8, 4) is 0 Å². The summed E-state index contributed by atoms with van der Waals surface area (Å²) < 4.78 is 2.40. The molecule has 2 aromatic carbocycles. The van der Waals surface area contributed by atoms with Crippen LogP contribution in [0.2, 0.25) is 0 Å². The Morgan fingerprint density at radius 2 is 1.79 bits per heavy atom. The molecule has 0 radical (unpaired) electrons. The molecule has 1 amide bonds. The summed E-state index contributed by atoms with van der Waals surface area (Å²) in [7, 11) is 0. The van der Waals surface area contributed by atoms with Crippen LogP contribution in [0, 0.1) is 12.3 Å². The number of rotatable bonds is 5. The molecule has 178 valence electrons. The summed E-state index contributed by atoms with van der Waals surface area (Å²) in [5, 5.41) is 10.5. The Labute approximate surface area is 200 Å². The van der Waals surface area contributed by atoms with Crippen LogP contribution >= 0.6 is 0 Å². The average molecular weight is 460 g/mol. The van der Waals surface area contributed by atoms with Gasteiger partial charge < -0.3 is 14.6 Å². The maximum absolute atomic E-state index is 12.9. The van der Waals surface area contributed by atoms with E-state index in [4.69, 9.17) is 5.11 Å². The van der Waals surface area contributed by atoms with Crippen LogP contribution in [0.4, 0.5) is 5.69 Å². The lowest BCUT2D eigenvalue weighted by Gasteiger charge is -2.38. The van der Waals surface area contributed by atoms with Gasteiger partial charge in [0, 0.05) is 42.8 Å². The fourth-order valence-corrected chi connectivity index (χ4v) is 5.77. The number of carboxylic acid groups (broad SMARTS) is 1. The average Bonchev–Trinajstić information content (AvgIpc) is 3.34. The van der Waals surface area contributed by atoms with Crippen molar-refractivity contribution in [3.63, 3.8) is 0 Å². The van der Waals surface area contributed by atoms with E-state index < -0.39 is 5.97 Å². The van der Waals surface area contributed by atoms with Crippen LogP contribution in [0.3, 0.4) is 0 Å². The van der Waals surface area contributed by atoms with Gasteiger partial charge in [0.1, 0.15) is 0 Å². The number of carbonyl (C=O) groups is 2. The molecule has 2 aliphatic rings. The van der Waals surface area contributed by atoms with Gasteiger partial charge >= 0.3 is 5.97 Å². The number of likely N-dealkylation sites (tertiary alicyclic amines) is 1. The molecule has 6 nitrogen and oxygen atoms in total. The molecule has 0 atom stereocenters. The number of benzene rings is 2. The lowest BCUT2D eigenvalue weighted by Crippen LogP contribution is -2.41. The summed E-state index contributed by atoms with van der Waals surface area (Å²) >= 11 is 0. The van der Waals surface area contributed by atoms with E-state index in [-0.39, 0.29) is 16.9 Å². The molecule has 1 aromatic heterocycles. The third-order valence-electron chi connectivity index (χ3n) is 7.75. The zero-order valence-electron chi connectivity index (χ0n) is 20.3. The number of para-hydroxylation sites is 1. The molecule has 34 heavy (non-hydrogen) atoms. The second-order valence-corrected chi connectivity index (χ2v) is 10.4. The number of carbonyl (C=O) groups excluding carboxylic acids is 1. The molecule has 2 saturated heterocycles. The minimum atomic E-state index is -0.949. The van der Waals surface area contributed by atoms with Crippen LogP contribution in [0.5, 0.6) is 0 Å². The number of nitrogens with zero attached hydrogens (tertiary/aromatic N) is 3. The highest BCUT2D eigenvalue weighted by Gasteiger charge is 2.45. The van der Waals surface area contributed by atoms with Gasteiger partial charge in [-0.2, -0.15) is 0 Å². The van der Waals surface area contributed by atoms with Crippen molar-refractivity contribution in [2.45, 2.75) is 52.6 Å². The highest BCUT2D eigenvalue weighted by atomic mass is 16.4. The molecule has 0 saturated carbocycles. The number of aryl methyl sites for hydroxylation is 1. The van der Waals surface area contributed by atoms with E-state index >= 15 is 0 Å². The smallest absolute Gasteiger partial charge is 0.335 e. The highest BCUT2D eigenvalue weighted by Crippen LogP contribution is 2.43. The topological polar surface area (TPSA) is 65.8 Å². The first-order valence-corrected chi connectivity index (χ1v) is 12.2. The first-order chi connectivity index (χ1) is 16.3. The van der Waals surface area contributed by atoms with Crippen molar-refractivity contribution in [2.24, 2.45) is 5.41 Å². The number of piperidine rings is 1. The van der Waals surface area contributed by atoms with Crippen LogP contribution in [-0.2, 0) is 11.3 Å². The molecule has 2 aliphatic heterocycles. The predicted molar refractivity (Wildman–Crippen MR) is 134 cm³/mol. The fraction of sp³-hybridized carbons (Fsp3) is 0.429. The first kappa shape index (κ1) is 22.7. The van der Waals surface area contributed by atoms with Crippen molar-refractivity contribution in [1.82, 2.24) is 9.47 Å². The molecule has 0 aliphatic carbocycles. The molecule has 2 fully saturated rings. The van der Waals surface area contributed by atoms with Gasteiger partial charge in [-0.1, -0.05) is 18.2 Å². The standard InChI is InChI=1S/C28H33N3O3/c1-19(2)30-17-22(24-6-4-5-20(3)26(24)30)16-29-13-11-28(12-14-29)15-25(32)31(18-28)23-9-7-21(8-10-23)27(33)34/h4-10,17,19H,11-16,18H2,1-3H3,(H,33,34). The summed E-state index contributed by atoms with van der Waals surface area (Å²) in [4.78, 5) is 28.4. The maximum atomic E-state index is 12.9. The Kier molecular flexibility index (Phi) is 5.72. The van der Waals surface area contributed by atoms with E-state index in [9.17, 15) is 9.59 Å². The summed E-state index contributed by atoms with van der Waals surface area (Å²) in [6.07, 6.45) is 4.91. The molecular formula is C28H33N3O3. The molecule has 5 rings (SSSR count). The number of hydrogen-bond donors (Lipinski definition) is 1. The Balaban J connectivity index is 1.28. The minimum Gasteiger partial charge on any atom is -0.478 e. The third kappa shape index (κ3) is 4.00. The zero-order chi connectivity index (χ0) is 24.0. The number of hydrogen-bond acceptors (Lipinski definition) is 3. The first-order valence-electron chi connectivity index (χ1n) is 12.2. The molecule has 3 aromatic rings. The van der Waals surface area contributed by atoms with E-state index in [1.807, 2.05) is 4.90 Å². The van der Waals surface area contributed by atoms with Crippen LogP contribution < -0.4 is 4.90 Å². The summed E-state index contributed by atoms with van der Waals surface area (Å²) in [5.74, 6) is -0.804. The van der Waals surface area contributed by atoms with Crippen LogP contribution in [0.25, 0.3) is 10.9 Å². The number of anilines is 1. The lowest BCUT2D eigenvalue weighted by molar-refractivity contribution is -0.118. The second kappa shape index (κ2) is 8.58. The van der Waals surface area contributed by atoms with E-state index in [1.54, 1.807) is 24.3 Å². The largest absolute Gasteiger partial charge is 0.478 e. The molecule has 6 heteroatoms. The van der Waals surface area contributed by atoms with E-state index in [0.29, 0.717) is 12.5 Å². The van der Waals surface area contributed by atoms with Crippen LogP contribution in [0.15, 0.2) is 48.7 Å². The van der Waals surface area contributed by atoms with Gasteiger partial charge in [0.2, 0.25) is 5.91 Å². The third-order valence-corrected chi connectivity index (χ3v) is 7.75. The lowest BCUT2D eigenvalue weighted by atomic mass is 9.77. The van der Waals surface area contributed by atoms with Gasteiger partial charge in [-0.05, 0) is 87.5 Å². The molecular weight excluding hydrogens is 426 g/mol. The number of fused-ring (bicyclic) bond motifs is 1. The quantitative estimate of drug-likeness (QED) is 0.566. The molecule has 1 spiro atoms. The molecule has 3 heterocycles. The Bertz CT molecular complexity index is 1230. The summed E-state index contributed by atoms with van der Waals surface area (Å²) in [5.41, 5.74) is 5.09. The Morgan fingerprint density at radius 1 is 1.09 bits per heavy atom. The van der Waals surface area contributed by atoms with Crippen molar-refractivity contribution in [1.29, 1.82) is 0 Å². The maximum Gasteiger partial charge on any atom is 0.335 e. The van der Waals surface area contributed by atoms with Gasteiger partial charge in [-0.3, -0.25) is 9.69 Å². The SMILES string of the molecule is Cc1cccc2c(CN3CCC4(CC3)CC(=O)N(c3ccc(C(=O)O)cc3)C4)cn(C(C)C)c12. The number of carboxylic acids is 1. The highest BCUT2D eigenvalue weighted by molar-refractivity contribution is 5.97. The number of aromatic carboxylic acids is 1. The van der Waals surface area contributed by atoms with Gasteiger partial charge in [0.15, 0.2) is 0 Å². The van der Waals surface area contributed by atoms with Crippen molar-refractivity contribution in [3.05, 3.63) is 65.4 Å². The summed E-state index contributed by atoms with van der Waals surface area (Å²) in [6.45, 7) is 10.3. The fourth-order valence-electron chi connectivity index (χ4n) is 5.77. The van der Waals surface area contributed by atoms with E-state index in [2.05, 4.69) is 54.6 Å². The van der Waals surface area contributed by atoms with Crippen LogP contribution in [0.1, 0.15) is 60.6 Å². The van der Waals surface area contributed by atoms with E-state index in [0.717, 1.165) is 44.7 Å². The van der Waals surface area contributed by atoms with Gasteiger partial charge in [0.25, 0.3) is 0 Å². The molecule has 1 N–H and O–H groups in total. The van der Waals surface area contributed by atoms with Gasteiger partial charge in [-0.15, -0.1) is 0 Å². The van der Waals surface area contributed by atoms with Crippen molar-refractivity contribution < 1.29 is 14.7 Å². The zero-order valence-corrected chi connectivity index (χ0v) is 20.3. The van der Waals surface area contributed by atoms with Crippen LogP contribution in [-0.4, -0.2) is 46.1 Å². The number of amides is 1.